The Labute approximate surface area is 272 Å². The van der Waals surface area contributed by atoms with Gasteiger partial charge in [-0.15, -0.1) is 0 Å². The van der Waals surface area contributed by atoms with Crippen molar-refractivity contribution in [3.8, 4) is 33.9 Å². The third kappa shape index (κ3) is 4.82. The lowest BCUT2D eigenvalue weighted by atomic mass is 9.93. The van der Waals surface area contributed by atoms with Crippen molar-refractivity contribution in [1.29, 1.82) is 0 Å². The van der Waals surface area contributed by atoms with Crippen LogP contribution in [-0.2, 0) is 0 Å². The zero-order chi connectivity index (χ0) is 31.2. The van der Waals surface area contributed by atoms with Crippen LogP contribution in [0.3, 0.4) is 0 Å². The zero-order valence-electron chi connectivity index (χ0n) is 25.6. The van der Waals surface area contributed by atoms with Gasteiger partial charge in [0, 0.05) is 27.3 Å². The highest BCUT2D eigenvalue weighted by Gasteiger charge is 2.21. The monoisotopic (exact) mass is 603 g/mol. The number of furan rings is 1. The number of rotatable bonds is 5. The van der Waals surface area contributed by atoms with E-state index < -0.39 is 0 Å². The number of aromatic nitrogens is 3. The van der Waals surface area contributed by atoms with Crippen LogP contribution < -0.4 is 0 Å². The Bertz CT molecular complexity index is 2490. The molecule has 1 aliphatic carbocycles. The Hall–Kier alpha value is -6.13. The Morgan fingerprint density at radius 1 is 0.426 bits per heavy atom. The molecule has 0 fully saturated rings. The maximum atomic E-state index is 6.64. The van der Waals surface area contributed by atoms with E-state index in [1.807, 2.05) is 30.3 Å². The molecule has 4 heteroatoms. The third-order valence-corrected chi connectivity index (χ3v) is 9.08. The summed E-state index contributed by atoms with van der Waals surface area (Å²) in [7, 11) is 0. The second-order valence-electron chi connectivity index (χ2n) is 11.9. The molecule has 0 unspecified atom stereocenters. The van der Waals surface area contributed by atoms with Crippen molar-refractivity contribution in [2.45, 2.75) is 12.8 Å². The van der Waals surface area contributed by atoms with Crippen LogP contribution in [0, 0.1) is 0 Å². The zero-order valence-corrected chi connectivity index (χ0v) is 25.6. The number of hydrogen-bond donors (Lipinski definition) is 0. The predicted molar refractivity (Wildman–Crippen MR) is 193 cm³/mol. The van der Waals surface area contributed by atoms with Gasteiger partial charge in [0.25, 0.3) is 0 Å². The fourth-order valence-electron chi connectivity index (χ4n) is 6.76. The maximum Gasteiger partial charge on any atom is 0.164 e. The summed E-state index contributed by atoms with van der Waals surface area (Å²) in [6.07, 6.45) is 6.16. The van der Waals surface area contributed by atoms with Gasteiger partial charge in [-0.05, 0) is 58.2 Å². The summed E-state index contributed by atoms with van der Waals surface area (Å²) >= 11 is 0. The van der Waals surface area contributed by atoms with Gasteiger partial charge >= 0.3 is 0 Å². The molecule has 1 aliphatic rings. The lowest BCUT2D eigenvalue weighted by Gasteiger charge is -2.16. The highest BCUT2D eigenvalue weighted by atomic mass is 16.3. The summed E-state index contributed by atoms with van der Waals surface area (Å²) < 4.78 is 6.64. The number of hydrogen-bond acceptors (Lipinski definition) is 4. The smallest absolute Gasteiger partial charge is 0.164 e. The molecular weight excluding hydrogens is 574 g/mol. The molecule has 47 heavy (non-hydrogen) atoms. The van der Waals surface area contributed by atoms with E-state index in [1.54, 1.807) is 0 Å². The molecule has 2 heterocycles. The normalized spacial score (nSPS) is 13.2. The molecule has 2 aromatic heterocycles. The summed E-state index contributed by atoms with van der Waals surface area (Å²) in [6.45, 7) is 0. The number of benzene rings is 6. The molecule has 0 radical (unpaired) electrons. The van der Waals surface area contributed by atoms with E-state index in [1.165, 1.54) is 22.3 Å². The number of allylic oxidation sites excluding steroid dienone is 4. The Kier molecular flexibility index (Phi) is 6.57. The third-order valence-electron chi connectivity index (χ3n) is 9.08. The van der Waals surface area contributed by atoms with Crippen LogP contribution in [0.2, 0.25) is 0 Å². The summed E-state index contributed by atoms with van der Waals surface area (Å²) in [4.78, 5) is 15.3. The Morgan fingerprint density at radius 2 is 1.02 bits per heavy atom. The van der Waals surface area contributed by atoms with Gasteiger partial charge in [-0.25, -0.2) is 15.0 Å². The molecule has 4 nitrogen and oxygen atoms in total. The molecule has 0 atom stereocenters. The number of nitrogens with zero attached hydrogens (tertiary/aromatic N) is 3. The average Bonchev–Trinajstić information content (AvgIpc) is 3.55. The van der Waals surface area contributed by atoms with Crippen LogP contribution in [0.5, 0.6) is 0 Å². The Morgan fingerprint density at radius 3 is 1.74 bits per heavy atom. The summed E-state index contributed by atoms with van der Waals surface area (Å²) in [5.74, 6) is 2.00. The van der Waals surface area contributed by atoms with E-state index in [9.17, 15) is 0 Å². The molecule has 0 amide bonds. The Balaban J connectivity index is 1.27. The maximum absolute atomic E-state index is 6.64. The second kappa shape index (κ2) is 11.3. The molecule has 6 aromatic carbocycles. The van der Waals surface area contributed by atoms with Gasteiger partial charge in [-0.3, -0.25) is 0 Å². The van der Waals surface area contributed by atoms with E-state index in [4.69, 9.17) is 19.4 Å². The molecule has 0 bridgehead atoms. The van der Waals surface area contributed by atoms with E-state index in [0.29, 0.717) is 17.5 Å². The van der Waals surface area contributed by atoms with Gasteiger partial charge in [0.1, 0.15) is 11.2 Å². The first-order valence-corrected chi connectivity index (χ1v) is 16.0. The van der Waals surface area contributed by atoms with Crippen molar-refractivity contribution in [2.24, 2.45) is 0 Å². The van der Waals surface area contributed by atoms with Crippen molar-refractivity contribution < 1.29 is 4.42 Å². The lowest BCUT2D eigenvalue weighted by Crippen LogP contribution is -2.04. The fourth-order valence-corrected chi connectivity index (χ4v) is 6.76. The van der Waals surface area contributed by atoms with E-state index in [0.717, 1.165) is 62.3 Å². The van der Waals surface area contributed by atoms with Gasteiger partial charge in [0.05, 0.1) is 0 Å². The number of fused-ring (bicyclic) bond motifs is 5. The molecule has 222 valence electrons. The molecule has 0 saturated heterocycles. The van der Waals surface area contributed by atoms with Crippen LogP contribution >= 0.6 is 0 Å². The minimum absolute atomic E-state index is 0.635. The highest BCUT2D eigenvalue weighted by molar-refractivity contribution is 6.21. The molecule has 9 rings (SSSR count). The van der Waals surface area contributed by atoms with E-state index in [-0.39, 0.29) is 0 Å². The first-order chi connectivity index (χ1) is 23.3. The fraction of sp³-hybridized carbons (Fsp3) is 0.0465. The second-order valence-corrected chi connectivity index (χ2v) is 11.9. The standard InChI is InChI=1S/C43H29N3O/c1-4-13-28(14-5-1)29-23-25-32(26-24-29)42-44-41(31-17-8-3-9-18-31)45-43(46-42)35-21-12-22-38-39(35)37-27-36(30-15-6-2-7-16-30)33-19-10-11-20-34(33)40(37)47-38/h1-23,25,27H,24,26H2. The minimum atomic E-state index is 0.635. The largest absolute Gasteiger partial charge is 0.455 e. The molecular formula is C43H29N3O. The quantitative estimate of drug-likeness (QED) is 0.196. The average molecular weight is 604 g/mol. The summed E-state index contributed by atoms with van der Waals surface area (Å²) in [6, 6.07) is 48.2. The molecule has 0 spiro atoms. The van der Waals surface area contributed by atoms with Gasteiger partial charge in [0.15, 0.2) is 17.5 Å². The van der Waals surface area contributed by atoms with Crippen molar-refractivity contribution >= 4 is 43.9 Å². The topological polar surface area (TPSA) is 51.8 Å². The van der Waals surface area contributed by atoms with Crippen LogP contribution in [0.15, 0.2) is 156 Å². The van der Waals surface area contributed by atoms with Gasteiger partial charge in [-0.1, -0.05) is 140 Å². The van der Waals surface area contributed by atoms with Crippen LogP contribution in [-0.4, -0.2) is 15.0 Å². The van der Waals surface area contributed by atoms with Crippen LogP contribution in [0.25, 0.3) is 77.8 Å². The van der Waals surface area contributed by atoms with Gasteiger partial charge in [0.2, 0.25) is 0 Å². The first kappa shape index (κ1) is 27.2. The SMILES string of the molecule is C1=C(c2ccccc2)CCC(c2nc(-c3ccccc3)nc(-c3cccc4oc5c6ccccc6c(-c6ccccc6)cc5c34)n2)=C1. The molecule has 0 saturated carbocycles. The van der Waals surface area contributed by atoms with Gasteiger partial charge in [-0.2, -0.15) is 0 Å². The van der Waals surface area contributed by atoms with Crippen LogP contribution in [0.4, 0.5) is 0 Å². The van der Waals surface area contributed by atoms with Crippen molar-refractivity contribution in [3.05, 3.63) is 163 Å². The van der Waals surface area contributed by atoms with Crippen molar-refractivity contribution in [3.63, 3.8) is 0 Å². The predicted octanol–water partition coefficient (Wildman–Crippen LogP) is 11.2. The van der Waals surface area contributed by atoms with E-state index in [2.05, 4.69) is 121 Å². The lowest BCUT2D eigenvalue weighted by molar-refractivity contribution is 0.672. The molecule has 0 aliphatic heterocycles. The van der Waals surface area contributed by atoms with Crippen molar-refractivity contribution in [2.75, 3.05) is 0 Å². The molecule has 0 N–H and O–H groups in total. The molecule has 8 aromatic rings. The van der Waals surface area contributed by atoms with E-state index >= 15 is 0 Å². The highest BCUT2D eigenvalue weighted by Crippen LogP contribution is 2.43. The summed E-state index contributed by atoms with van der Waals surface area (Å²) in [5.41, 5.74) is 9.57. The van der Waals surface area contributed by atoms with Crippen molar-refractivity contribution in [1.82, 2.24) is 15.0 Å². The first-order valence-electron chi connectivity index (χ1n) is 16.0. The van der Waals surface area contributed by atoms with Gasteiger partial charge < -0.3 is 4.42 Å². The summed E-state index contributed by atoms with van der Waals surface area (Å²) in [5, 5.41) is 4.29. The van der Waals surface area contributed by atoms with Crippen LogP contribution in [0.1, 0.15) is 24.2 Å². The minimum Gasteiger partial charge on any atom is -0.455 e.